The number of methoxy groups -OCH3 is 2. The molecule has 2 N–H and O–H groups in total. The van der Waals surface area contributed by atoms with E-state index < -0.39 is 0 Å². The summed E-state index contributed by atoms with van der Waals surface area (Å²) >= 11 is 0. The molecule has 0 atom stereocenters. The monoisotopic (exact) mass is 376 g/mol. The molecule has 0 heterocycles. The first kappa shape index (κ1) is 19.3. The maximum absolute atomic E-state index is 13.0. The molecule has 0 radical (unpaired) electrons. The van der Waals surface area contributed by atoms with Crippen LogP contribution >= 0.6 is 0 Å². The van der Waals surface area contributed by atoms with Crippen molar-refractivity contribution >= 4 is 23.0 Å². The number of hydrogen-bond acceptors (Lipinski definition) is 4. The third-order valence-electron chi connectivity index (χ3n) is 4.70. The van der Waals surface area contributed by atoms with Crippen LogP contribution in [-0.2, 0) is 0 Å². The molecular formula is C23H24N2O3. The number of anilines is 3. The molecule has 0 aliphatic carbocycles. The van der Waals surface area contributed by atoms with Gasteiger partial charge in [0.05, 0.1) is 31.2 Å². The highest BCUT2D eigenvalue weighted by atomic mass is 16.5. The molecule has 0 spiro atoms. The van der Waals surface area contributed by atoms with Gasteiger partial charge in [-0.05, 0) is 55.3 Å². The highest BCUT2D eigenvalue weighted by Gasteiger charge is 2.15. The summed E-state index contributed by atoms with van der Waals surface area (Å²) in [6.45, 7) is 4.12. The van der Waals surface area contributed by atoms with Crippen LogP contribution < -0.4 is 20.1 Å². The Balaban J connectivity index is 1.91. The molecule has 1 amide bonds. The van der Waals surface area contributed by atoms with Gasteiger partial charge in [-0.1, -0.05) is 24.3 Å². The van der Waals surface area contributed by atoms with Crippen molar-refractivity contribution in [3.05, 3.63) is 77.4 Å². The zero-order chi connectivity index (χ0) is 20.1. The van der Waals surface area contributed by atoms with Crippen molar-refractivity contribution in [1.82, 2.24) is 0 Å². The minimum atomic E-state index is -0.236. The smallest absolute Gasteiger partial charge is 0.257 e. The number of amides is 1. The lowest BCUT2D eigenvalue weighted by atomic mass is 10.1. The van der Waals surface area contributed by atoms with Gasteiger partial charge in [0, 0.05) is 11.8 Å². The molecule has 0 aliphatic rings. The summed E-state index contributed by atoms with van der Waals surface area (Å²) in [4.78, 5) is 13.0. The Morgan fingerprint density at radius 3 is 2.32 bits per heavy atom. The minimum absolute atomic E-state index is 0.236. The number of benzene rings is 3. The molecule has 0 saturated carbocycles. The number of carbonyl (C=O) groups is 1. The number of rotatable bonds is 6. The van der Waals surface area contributed by atoms with Gasteiger partial charge in [-0.15, -0.1) is 0 Å². The molecule has 0 bridgehead atoms. The van der Waals surface area contributed by atoms with Crippen LogP contribution in [0.25, 0.3) is 0 Å². The predicted octanol–water partition coefficient (Wildman–Crippen LogP) is 5.32. The average Bonchev–Trinajstić information content (AvgIpc) is 2.71. The first-order valence-electron chi connectivity index (χ1n) is 8.99. The van der Waals surface area contributed by atoms with Crippen LogP contribution in [0.1, 0.15) is 21.5 Å². The Hall–Kier alpha value is -3.47. The summed E-state index contributed by atoms with van der Waals surface area (Å²) in [7, 11) is 3.14. The van der Waals surface area contributed by atoms with Crippen LogP contribution in [0.2, 0.25) is 0 Å². The number of aryl methyl sites for hydroxylation is 1. The van der Waals surface area contributed by atoms with Gasteiger partial charge in [0.15, 0.2) is 0 Å². The molecule has 0 unspecified atom stereocenters. The highest BCUT2D eigenvalue weighted by Crippen LogP contribution is 2.31. The maximum atomic E-state index is 13.0. The Morgan fingerprint density at radius 2 is 1.57 bits per heavy atom. The fraction of sp³-hybridized carbons (Fsp3) is 0.174. The topological polar surface area (TPSA) is 59.6 Å². The molecular weight excluding hydrogens is 352 g/mol. The third-order valence-corrected chi connectivity index (χ3v) is 4.70. The van der Waals surface area contributed by atoms with Gasteiger partial charge in [0.25, 0.3) is 5.91 Å². The van der Waals surface area contributed by atoms with E-state index >= 15 is 0 Å². The first-order chi connectivity index (χ1) is 13.5. The van der Waals surface area contributed by atoms with Crippen molar-refractivity contribution in [3.8, 4) is 11.5 Å². The number of nitrogens with one attached hydrogen (secondary N) is 2. The molecule has 0 saturated heterocycles. The van der Waals surface area contributed by atoms with Crippen molar-refractivity contribution in [3.63, 3.8) is 0 Å². The summed E-state index contributed by atoms with van der Waals surface area (Å²) in [6, 6.07) is 18.7. The summed E-state index contributed by atoms with van der Waals surface area (Å²) in [5.41, 5.74) is 5.12. The van der Waals surface area contributed by atoms with E-state index in [-0.39, 0.29) is 5.91 Å². The second-order valence-corrected chi connectivity index (χ2v) is 6.44. The van der Waals surface area contributed by atoms with E-state index in [0.717, 1.165) is 16.9 Å². The number of hydrogen-bond donors (Lipinski definition) is 2. The molecule has 3 aromatic rings. The van der Waals surface area contributed by atoms with Gasteiger partial charge < -0.3 is 20.1 Å². The Morgan fingerprint density at radius 1 is 0.821 bits per heavy atom. The van der Waals surface area contributed by atoms with Crippen molar-refractivity contribution in [2.24, 2.45) is 0 Å². The Kier molecular flexibility index (Phi) is 5.84. The molecule has 144 valence electrons. The van der Waals surface area contributed by atoms with Gasteiger partial charge in [-0.25, -0.2) is 0 Å². The van der Waals surface area contributed by atoms with E-state index in [4.69, 9.17) is 9.47 Å². The van der Waals surface area contributed by atoms with Crippen molar-refractivity contribution < 1.29 is 14.3 Å². The Labute approximate surface area is 165 Å². The van der Waals surface area contributed by atoms with E-state index in [2.05, 4.69) is 30.5 Å². The van der Waals surface area contributed by atoms with Crippen LogP contribution in [-0.4, -0.2) is 20.1 Å². The summed E-state index contributed by atoms with van der Waals surface area (Å²) in [6.07, 6.45) is 0. The zero-order valence-corrected chi connectivity index (χ0v) is 16.5. The molecule has 5 heteroatoms. The van der Waals surface area contributed by atoms with Gasteiger partial charge in [0.2, 0.25) is 0 Å². The lowest BCUT2D eigenvalue weighted by molar-refractivity contribution is 0.102. The predicted molar refractivity (Wildman–Crippen MR) is 113 cm³/mol. The van der Waals surface area contributed by atoms with Gasteiger partial charge >= 0.3 is 0 Å². The van der Waals surface area contributed by atoms with Crippen LogP contribution in [0.3, 0.4) is 0 Å². The van der Waals surface area contributed by atoms with Gasteiger partial charge in [-0.3, -0.25) is 4.79 Å². The van der Waals surface area contributed by atoms with Crippen molar-refractivity contribution in [2.75, 3.05) is 24.9 Å². The SMILES string of the molecule is COc1ccc(OC)c(NC(=O)c2ccccc2Nc2cccc(C)c2C)c1. The van der Waals surface area contributed by atoms with Crippen LogP contribution in [0, 0.1) is 13.8 Å². The van der Waals surface area contributed by atoms with E-state index in [1.165, 1.54) is 5.56 Å². The summed E-state index contributed by atoms with van der Waals surface area (Å²) < 4.78 is 10.6. The number of carbonyl (C=O) groups excluding carboxylic acids is 1. The molecule has 28 heavy (non-hydrogen) atoms. The molecule has 0 aromatic heterocycles. The molecule has 5 nitrogen and oxygen atoms in total. The van der Waals surface area contributed by atoms with Crippen LogP contribution in [0.4, 0.5) is 17.1 Å². The highest BCUT2D eigenvalue weighted by molar-refractivity contribution is 6.09. The van der Waals surface area contributed by atoms with Gasteiger partial charge in [-0.2, -0.15) is 0 Å². The van der Waals surface area contributed by atoms with E-state index in [0.29, 0.717) is 22.7 Å². The van der Waals surface area contributed by atoms with E-state index in [1.54, 1.807) is 38.5 Å². The summed E-state index contributed by atoms with van der Waals surface area (Å²) in [5.74, 6) is 0.965. The zero-order valence-electron chi connectivity index (χ0n) is 16.5. The molecule has 3 rings (SSSR count). The second-order valence-electron chi connectivity index (χ2n) is 6.44. The second kappa shape index (κ2) is 8.48. The summed E-state index contributed by atoms with van der Waals surface area (Å²) in [5, 5.41) is 6.30. The number of para-hydroxylation sites is 1. The fourth-order valence-electron chi connectivity index (χ4n) is 2.92. The third kappa shape index (κ3) is 4.09. The van der Waals surface area contributed by atoms with Crippen LogP contribution in [0.5, 0.6) is 11.5 Å². The molecule has 0 aliphatic heterocycles. The van der Waals surface area contributed by atoms with Gasteiger partial charge in [0.1, 0.15) is 11.5 Å². The lowest BCUT2D eigenvalue weighted by Gasteiger charge is -2.16. The maximum Gasteiger partial charge on any atom is 0.257 e. The largest absolute Gasteiger partial charge is 0.497 e. The lowest BCUT2D eigenvalue weighted by Crippen LogP contribution is -2.14. The average molecular weight is 376 g/mol. The van der Waals surface area contributed by atoms with Crippen molar-refractivity contribution in [2.45, 2.75) is 13.8 Å². The fourth-order valence-corrected chi connectivity index (χ4v) is 2.92. The van der Waals surface area contributed by atoms with E-state index in [1.807, 2.05) is 30.3 Å². The molecule has 3 aromatic carbocycles. The minimum Gasteiger partial charge on any atom is -0.497 e. The van der Waals surface area contributed by atoms with E-state index in [9.17, 15) is 4.79 Å². The number of ether oxygens (including phenoxy) is 2. The Bertz CT molecular complexity index is 999. The quantitative estimate of drug-likeness (QED) is 0.611. The standard InChI is InChI=1S/C23H24N2O3/c1-15-8-7-11-19(16(15)2)24-20-10-6-5-9-18(20)23(26)25-21-14-17(27-3)12-13-22(21)28-4/h5-14,24H,1-4H3,(H,25,26). The van der Waals surface area contributed by atoms with Crippen molar-refractivity contribution in [1.29, 1.82) is 0 Å². The normalized spacial score (nSPS) is 10.3. The van der Waals surface area contributed by atoms with Crippen LogP contribution in [0.15, 0.2) is 60.7 Å². The first-order valence-corrected chi connectivity index (χ1v) is 8.99. The molecule has 0 fully saturated rings.